The fourth-order valence-electron chi connectivity index (χ4n) is 3.41. The smallest absolute Gasteiger partial charge is 0.337 e. The Morgan fingerprint density at radius 3 is 2.55 bits per heavy atom. The molecule has 2 aromatic carbocycles. The third-order valence-electron chi connectivity index (χ3n) is 4.95. The summed E-state index contributed by atoms with van der Waals surface area (Å²) in [6.45, 7) is 0.645. The van der Waals surface area contributed by atoms with Gasteiger partial charge in [-0.05, 0) is 29.8 Å². The van der Waals surface area contributed by atoms with Crippen molar-refractivity contribution in [3.8, 4) is 11.8 Å². The van der Waals surface area contributed by atoms with Crippen LogP contribution in [0.5, 0.6) is 0 Å². The Bertz CT molecular complexity index is 1410. The minimum absolute atomic E-state index is 0.0939. The highest BCUT2D eigenvalue weighted by Crippen LogP contribution is 2.21. The van der Waals surface area contributed by atoms with Crippen molar-refractivity contribution in [1.82, 2.24) is 18.7 Å². The van der Waals surface area contributed by atoms with Crippen molar-refractivity contribution in [3.05, 3.63) is 91.8 Å². The number of benzene rings is 2. The number of hydrogen-bond acceptors (Lipinski definition) is 5. The first-order chi connectivity index (χ1) is 15.0. The fourth-order valence-corrected chi connectivity index (χ4v) is 3.63. The molecule has 0 spiro atoms. The summed E-state index contributed by atoms with van der Waals surface area (Å²) < 4.78 is 9.26. The van der Waals surface area contributed by atoms with Gasteiger partial charge in [-0.3, -0.25) is 9.36 Å². The van der Waals surface area contributed by atoms with Crippen LogP contribution in [-0.4, -0.2) is 32.4 Å². The first-order valence-corrected chi connectivity index (χ1v) is 9.86. The molecule has 0 aliphatic rings. The molecule has 0 aliphatic carbocycles. The molecule has 0 bridgehead atoms. The molecule has 0 unspecified atom stereocenters. The van der Waals surface area contributed by atoms with Crippen molar-refractivity contribution < 1.29 is 4.74 Å². The van der Waals surface area contributed by atoms with Crippen LogP contribution in [0.4, 0.5) is 0 Å². The maximum absolute atomic E-state index is 13.3. The highest BCUT2D eigenvalue weighted by atomic mass is 35.5. The Balaban J connectivity index is 1.95. The zero-order valence-electron chi connectivity index (χ0n) is 16.7. The van der Waals surface area contributed by atoms with E-state index in [0.717, 1.165) is 10.1 Å². The molecule has 0 fully saturated rings. The Labute approximate surface area is 182 Å². The number of rotatable bonds is 6. The van der Waals surface area contributed by atoms with Gasteiger partial charge < -0.3 is 9.30 Å². The van der Waals surface area contributed by atoms with Gasteiger partial charge in [0.15, 0.2) is 11.2 Å². The van der Waals surface area contributed by atoms with E-state index >= 15 is 0 Å². The monoisotopic (exact) mass is 435 g/mol. The lowest BCUT2D eigenvalue weighted by Gasteiger charge is -2.13. The molecule has 156 valence electrons. The van der Waals surface area contributed by atoms with Gasteiger partial charge in [-0.2, -0.15) is 5.26 Å². The topological polar surface area (TPSA) is 94.8 Å². The first-order valence-electron chi connectivity index (χ1n) is 9.48. The molecule has 31 heavy (non-hydrogen) atoms. The van der Waals surface area contributed by atoms with Crippen molar-refractivity contribution in [2.45, 2.75) is 13.1 Å². The number of para-hydroxylation sites is 1. The van der Waals surface area contributed by atoms with Crippen molar-refractivity contribution in [1.29, 1.82) is 5.26 Å². The van der Waals surface area contributed by atoms with Crippen LogP contribution in [0, 0.1) is 11.3 Å². The molecule has 0 atom stereocenters. The summed E-state index contributed by atoms with van der Waals surface area (Å²) in [5.41, 5.74) is 1.39. The normalized spacial score (nSPS) is 11.0. The SMILES string of the molecule is COCCn1c(=O)c2c(ncn2Cc2ccc(C#N)cc2)n(-c2ccccc2Cl)c1=O. The second kappa shape index (κ2) is 8.60. The van der Waals surface area contributed by atoms with E-state index in [-0.39, 0.29) is 24.3 Å². The van der Waals surface area contributed by atoms with Crippen molar-refractivity contribution in [2.75, 3.05) is 13.7 Å². The molecule has 0 radical (unpaired) electrons. The lowest BCUT2D eigenvalue weighted by molar-refractivity contribution is 0.184. The molecule has 4 rings (SSSR count). The predicted octanol–water partition coefficient (Wildman–Crippen LogP) is 2.57. The van der Waals surface area contributed by atoms with E-state index in [4.69, 9.17) is 21.6 Å². The predicted molar refractivity (Wildman–Crippen MR) is 117 cm³/mol. The molecular weight excluding hydrogens is 418 g/mol. The molecule has 0 amide bonds. The summed E-state index contributed by atoms with van der Waals surface area (Å²) in [6.07, 6.45) is 1.53. The Morgan fingerprint density at radius 2 is 1.87 bits per heavy atom. The summed E-state index contributed by atoms with van der Waals surface area (Å²) in [5.74, 6) is 0. The minimum atomic E-state index is -0.536. The van der Waals surface area contributed by atoms with Crippen molar-refractivity contribution in [2.24, 2.45) is 0 Å². The van der Waals surface area contributed by atoms with Crippen LogP contribution >= 0.6 is 11.6 Å². The number of methoxy groups -OCH3 is 1. The van der Waals surface area contributed by atoms with Gasteiger partial charge in [0.05, 0.1) is 41.8 Å². The van der Waals surface area contributed by atoms with E-state index in [0.29, 0.717) is 22.8 Å². The Kier molecular flexibility index (Phi) is 5.71. The van der Waals surface area contributed by atoms with Crippen LogP contribution in [0.2, 0.25) is 5.02 Å². The highest BCUT2D eigenvalue weighted by molar-refractivity contribution is 6.32. The third-order valence-corrected chi connectivity index (χ3v) is 5.27. The van der Waals surface area contributed by atoms with E-state index in [1.54, 1.807) is 41.0 Å². The highest BCUT2D eigenvalue weighted by Gasteiger charge is 2.20. The Hall–Kier alpha value is -3.67. The third kappa shape index (κ3) is 3.77. The maximum atomic E-state index is 13.3. The fraction of sp³-hybridized carbons (Fsp3) is 0.182. The minimum Gasteiger partial charge on any atom is -0.383 e. The van der Waals surface area contributed by atoms with Gasteiger partial charge in [-0.1, -0.05) is 35.9 Å². The van der Waals surface area contributed by atoms with Crippen LogP contribution in [0.3, 0.4) is 0 Å². The zero-order chi connectivity index (χ0) is 22.0. The lowest BCUT2D eigenvalue weighted by Crippen LogP contribution is -2.41. The first kappa shape index (κ1) is 20.6. The van der Waals surface area contributed by atoms with E-state index in [1.165, 1.54) is 18.0 Å². The average molecular weight is 436 g/mol. The number of aromatic nitrogens is 4. The van der Waals surface area contributed by atoms with Crippen molar-refractivity contribution >= 4 is 22.8 Å². The van der Waals surface area contributed by atoms with Crippen LogP contribution in [-0.2, 0) is 17.8 Å². The summed E-state index contributed by atoms with van der Waals surface area (Å²) in [6, 6.07) is 16.0. The number of hydrogen-bond donors (Lipinski definition) is 0. The molecule has 2 heterocycles. The standard InChI is InChI=1S/C22H18ClN5O3/c1-31-11-10-27-21(29)19-20(28(22(27)30)18-5-3-2-4-17(18)23)25-14-26(19)13-16-8-6-15(12-24)7-9-16/h2-9,14H,10-11,13H2,1H3. The summed E-state index contributed by atoms with van der Waals surface area (Å²) in [7, 11) is 1.51. The van der Waals surface area contributed by atoms with Gasteiger partial charge in [-0.25, -0.2) is 14.3 Å². The van der Waals surface area contributed by atoms with Crippen LogP contribution in [0.25, 0.3) is 16.9 Å². The van der Waals surface area contributed by atoms with Gasteiger partial charge in [-0.15, -0.1) is 0 Å². The molecule has 8 nitrogen and oxygen atoms in total. The molecule has 0 aliphatic heterocycles. The second-order valence-electron chi connectivity index (χ2n) is 6.87. The van der Waals surface area contributed by atoms with Crippen LogP contribution < -0.4 is 11.2 Å². The zero-order valence-corrected chi connectivity index (χ0v) is 17.4. The lowest BCUT2D eigenvalue weighted by atomic mass is 10.1. The average Bonchev–Trinajstić information content (AvgIpc) is 3.19. The van der Waals surface area contributed by atoms with Gasteiger partial charge in [0.1, 0.15) is 0 Å². The number of fused-ring (bicyclic) bond motifs is 1. The number of nitrogens with zero attached hydrogens (tertiary/aromatic N) is 5. The molecule has 0 saturated heterocycles. The second-order valence-corrected chi connectivity index (χ2v) is 7.28. The van der Waals surface area contributed by atoms with Crippen molar-refractivity contribution in [3.63, 3.8) is 0 Å². The molecule has 4 aromatic rings. The summed E-state index contributed by atoms with van der Waals surface area (Å²) in [5, 5.41) is 9.35. The van der Waals surface area contributed by atoms with E-state index < -0.39 is 11.2 Å². The van der Waals surface area contributed by atoms with Gasteiger partial charge in [0.25, 0.3) is 5.56 Å². The van der Waals surface area contributed by atoms with E-state index in [2.05, 4.69) is 11.1 Å². The van der Waals surface area contributed by atoms with E-state index in [9.17, 15) is 9.59 Å². The summed E-state index contributed by atoms with van der Waals surface area (Å²) >= 11 is 6.36. The van der Waals surface area contributed by atoms with Gasteiger partial charge >= 0.3 is 5.69 Å². The molecular formula is C22H18ClN5O3. The summed E-state index contributed by atoms with van der Waals surface area (Å²) in [4.78, 5) is 30.9. The van der Waals surface area contributed by atoms with Gasteiger partial charge in [0, 0.05) is 13.7 Å². The maximum Gasteiger partial charge on any atom is 0.337 e. The quantitative estimate of drug-likeness (QED) is 0.464. The van der Waals surface area contributed by atoms with Gasteiger partial charge in [0.2, 0.25) is 0 Å². The van der Waals surface area contributed by atoms with Crippen LogP contribution in [0.1, 0.15) is 11.1 Å². The number of nitriles is 1. The molecule has 2 aromatic heterocycles. The number of ether oxygens (including phenoxy) is 1. The largest absolute Gasteiger partial charge is 0.383 e. The molecule has 9 heteroatoms. The number of imidazole rings is 1. The number of halogens is 1. The van der Waals surface area contributed by atoms with E-state index in [1.807, 2.05) is 12.1 Å². The van der Waals surface area contributed by atoms with Crippen LogP contribution in [0.15, 0.2) is 64.4 Å². The molecule has 0 N–H and O–H groups in total. The molecule has 0 saturated carbocycles. The Morgan fingerprint density at radius 1 is 1.13 bits per heavy atom.